The second-order valence-corrected chi connectivity index (χ2v) is 4.60. The first-order chi connectivity index (χ1) is 7.91. The van der Waals surface area contributed by atoms with Crippen LogP contribution in [0.1, 0.15) is 25.3 Å². The Hall–Kier alpha value is -1.13. The molecule has 1 atom stereocenters. The Morgan fingerprint density at radius 3 is 2.65 bits per heavy atom. The fourth-order valence-corrected chi connectivity index (χ4v) is 1.58. The molecule has 0 aliphatic carbocycles. The van der Waals surface area contributed by atoms with E-state index in [9.17, 15) is 9.18 Å². The highest BCUT2D eigenvalue weighted by Crippen LogP contribution is 2.21. The van der Waals surface area contributed by atoms with Gasteiger partial charge in [0, 0.05) is 12.6 Å². The lowest BCUT2D eigenvalue weighted by Crippen LogP contribution is -2.34. The van der Waals surface area contributed by atoms with Gasteiger partial charge in [-0.2, -0.15) is 0 Å². The highest BCUT2D eigenvalue weighted by Gasteiger charge is 2.19. The van der Waals surface area contributed by atoms with Crippen LogP contribution < -0.4 is 11.1 Å². The van der Waals surface area contributed by atoms with Gasteiger partial charge in [-0.05, 0) is 17.7 Å². The highest BCUT2D eigenvalue weighted by atomic mass is 35.5. The highest BCUT2D eigenvalue weighted by molar-refractivity contribution is 6.30. The summed E-state index contributed by atoms with van der Waals surface area (Å²) in [7, 11) is 0. The van der Waals surface area contributed by atoms with Gasteiger partial charge >= 0.3 is 0 Å². The molecule has 1 amide bonds. The average molecular weight is 259 g/mol. The lowest BCUT2D eigenvalue weighted by molar-refractivity contribution is -0.119. The number of primary amides is 1. The van der Waals surface area contributed by atoms with E-state index in [-0.39, 0.29) is 11.1 Å². The third-order valence-electron chi connectivity index (χ3n) is 2.42. The summed E-state index contributed by atoms with van der Waals surface area (Å²) in [5.41, 5.74) is 5.84. The summed E-state index contributed by atoms with van der Waals surface area (Å²) < 4.78 is 13.3. The zero-order valence-corrected chi connectivity index (χ0v) is 10.6. The SMILES string of the molecule is CC(C)NC[C@@H](C(N)=O)c1ccc(Cl)c(F)c1. The van der Waals surface area contributed by atoms with E-state index in [1.54, 1.807) is 6.07 Å². The third kappa shape index (κ3) is 3.98. The average Bonchev–Trinajstić information content (AvgIpc) is 2.22. The molecule has 0 aliphatic rings. The van der Waals surface area contributed by atoms with E-state index >= 15 is 0 Å². The molecule has 0 fully saturated rings. The fraction of sp³-hybridized carbons (Fsp3) is 0.417. The van der Waals surface area contributed by atoms with Crippen molar-refractivity contribution in [2.45, 2.75) is 25.8 Å². The first-order valence-corrected chi connectivity index (χ1v) is 5.77. The molecular weight excluding hydrogens is 243 g/mol. The van der Waals surface area contributed by atoms with Crippen LogP contribution >= 0.6 is 11.6 Å². The monoisotopic (exact) mass is 258 g/mol. The number of carbonyl (C=O) groups is 1. The smallest absolute Gasteiger partial charge is 0.226 e. The van der Waals surface area contributed by atoms with Gasteiger partial charge in [0.25, 0.3) is 0 Å². The van der Waals surface area contributed by atoms with E-state index in [1.807, 2.05) is 13.8 Å². The summed E-state index contributed by atoms with van der Waals surface area (Å²) in [5.74, 6) is -1.58. The molecule has 94 valence electrons. The Morgan fingerprint density at radius 1 is 1.53 bits per heavy atom. The van der Waals surface area contributed by atoms with Crippen LogP contribution in [-0.2, 0) is 4.79 Å². The Labute approximate surface area is 105 Å². The van der Waals surface area contributed by atoms with Gasteiger partial charge in [0.1, 0.15) is 5.82 Å². The van der Waals surface area contributed by atoms with E-state index in [1.165, 1.54) is 12.1 Å². The Kier molecular flexibility index (Phi) is 4.90. The van der Waals surface area contributed by atoms with Crippen LogP contribution in [0.2, 0.25) is 5.02 Å². The first kappa shape index (κ1) is 13.9. The molecule has 0 spiro atoms. The molecule has 0 radical (unpaired) electrons. The van der Waals surface area contributed by atoms with Gasteiger partial charge in [-0.15, -0.1) is 0 Å². The van der Waals surface area contributed by atoms with Gasteiger partial charge in [-0.25, -0.2) is 4.39 Å². The van der Waals surface area contributed by atoms with Crippen LogP contribution in [0.15, 0.2) is 18.2 Å². The van der Waals surface area contributed by atoms with Crippen molar-refractivity contribution < 1.29 is 9.18 Å². The molecule has 1 aromatic carbocycles. The predicted molar refractivity (Wildman–Crippen MR) is 66.5 cm³/mol. The standard InChI is InChI=1S/C12H16ClFN2O/c1-7(2)16-6-9(12(15)17)8-3-4-10(13)11(14)5-8/h3-5,7,9,16H,6H2,1-2H3,(H2,15,17)/t9-/m1/s1. The molecule has 3 N–H and O–H groups in total. The largest absolute Gasteiger partial charge is 0.369 e. The molecule has 0 aliphatic heterocycles. The number of halogens is 2. The minimum absolute atomic E-state index is 0.0359. The topological polar surface area (TPSA) is 55.1 Å². The van der Waals surface area contributed by atoms with Gasteiger partial charge in [0.2, 0.25) is 5.91 Å². The zero-order valence-electron chi connectivity index (χ0n) is 9.84. The molecule has 1 aromatic rings. The number of amides is 1. The minimum atomic E-state index is -0.552. The van der Waals surface area contributed by atoms with Crippen molar-refractivity contribution in [3.8, 4) is 0 Å². The summed E-state index contributed by atoms with van der Waals surface area (Å²) >= 11 is 5.59. The van der Waals surface area contributed by atoms with Crippen molar-refractivity contribution in [3.05, 3.63) is 34.6 Å². The van der Waals surface area contributed by atoms with Gasteiger partial charge in [-0.3, -0.25) is 4.79 Å². The number of carbonyl (C=O) groups excluding carboxylic acids is 1. The van der Waals surface area contributed by atoms with Crippen molar-refractivity contribution in [2.24, 2.45) is 5.73 Å². The molecule has 0 bridgehead atoms. The maximum atomic E-state index is 13.3. The van der Waals surface area contributed by atoms with E-state index in [0.29, 0.717) is 12.1 Å². The van der Waals surface area contributed by atoms with Crippen LogP contribution in [0.4, 0.5) is 4.39 Å². The summed E-state index contributed by atoms with van der Waals surface area (Å²) in [5, 5.41) is 3.14. The van der Waals surface area contributed by atoms with Crippen molar-refractivity contribution in [1.29, 1.82) is 0 Å². The van der Waals surface area contributed by atoms with Gasteiger partial charge in [-0.1, -0.05) is 31.5 Å². The molecule has 1 rings (SSSR count). The zero-order chi connectivity index (χ0) is 13.0. The summed E-state index contributed by atoms with van der Waals surface area (Å²) in [4.78, 5) is 11.3. The van der Waals surface area contributed by atoms with Crippen LogP contribution in [-0.4, -0.2) is 18.5 Å². The van der Waals surface area contributed by atoms with Crippen molar-refractivity contribution in [1.82, 2.24) is 5.32 Å². The Bertz CT molecular complexity index is 409. The molecular formula is C12H16ClFN2O. The summed E-state index contributed by atoms with van der Waals surface area (Å²) in [6.07, 6.45) is 0. The number of hydrogen-bond acceptors (Lipinski definition) is 2. The molecule has 0 unspecified atom stereocenters. The number of benzene rings is 1. The van der Waals surface area contributed by atoms with Crippen LogP contribution in [0.3, 0.4) is 0 Å². The number of hydrogen-bond donors (Lipinski definition) is 2. The van der Waals surface area contributed by atoms with Crippen molar-refractivity contribution >= 4 is 17.5 Å². The number of rotatable bonds is 5. The van der Waals surface area contributed by atoms with E-state index < -0.39 is 17.6 Å². The lowest BCUT2D eigenvalue weighted by atomic mass is 9.98. The number of nitrogens with one attached hydrogen (secondary N) is 1. The molecule has 3 nitrogen and oxygen atoms in total. The lowest BCUT2D eigenvalue weighted by Gasteiger charge is -2.16. The van der Waals surface area contributed by atoms with E-state index in [4.69, 9.17) is 17.3 Å². The molecule has 0 aromatic heterocycles. The quantitative estimate of drug-likeness (QED) is 0.849. The van der Waals surface area contributed by atoms with Crippen molar-refractivity contribution in [2.75, 3.05) is 6.54 Å². The van der Waals surface area contributed by atoms with E-state index in [2.05, 4.69) is 5.32 Å². The first-order valence-electron chi connectivity index (χ1n) is 5.39. The minimum Gasteiger partial charge on any atom is -0.369 e. The van der Waals surface area contributed by atoms with Gasteiger partial charge < -0.3 is 11.1 Å². The molecule has 5 heteroatoms. The Balaban J connectivity index is 2.89. The predicted octanol–water partition coefficient (Wildman–Crippen LogP) is 2.05. The van der Waals surface area contributed by atoms with Crippen LogP contribution in [0.25, 0.3) is 0 Å². The van der Waals surface area contributed by atoms with Gasteiger partial charge in [0.15, 0.2) is 0 Å². The molecule has 17 heavy (non-hydrogen) atoms. The Morgan fingerprint density at radius 2 is 2.18 bits per heavy atom. The molecule has 0 saturated carbocycles. The summed E-state index contributed by atoms with van der Waals surface area (Å²) in [6, 6.07) is 4.52. The maximum absolute atomic E-state index is 13.3. The molecule has 0 heterocycles. The van der Waals surface area contributed by atoms with Gasteiger partial charge in [0.05, 0.1) is 10.9 Å². The number of nitrogens with two attached hydrogens (primary N) is 1. The van der Waals surface area contributed by atoms with E-state index in [0.717, 1.165) is 0 Å². The van der Waals surface area contributed by atoms with Crippen LogP contribution in [0.5, 0.6) is 0 Å². The normalized spacial score (nSPS) is 12.8. The third-order valence-corrected chi connectivity index (χ3v) is 2.73. The summed E-state index contributed by atoms with van der Waals surface area (Å²) in [6.45, 7) is 4.30. The fourth-order valence-electron chi connectivity index (χ4n) is 1.47. The maximum Gasteiger partial charge on any atom is 0.226 e. The molecule has 0 saturated heterocycles. The second kappa shape index (κ2) is 5.98. The second-order valence-electron chi connectivity index (χ2n) is 4.19. The van der Waals surface area contributed by atoms with Crippen molar-refractivity contribution in [3.63, 3.8) is 0 Å². The van der Waals surface area contributed by atoms with Crippen LogP contribution in [0, 0.1) is 5.82 Å².